The van der Waals surface area contributed by atoms with Crippen LogP contribution in [0.3, 0.4) is 0 Å². The summed E-state index contributed by atoms with van der Waals surface area (Å²) in [4.78, 5) is 20.4. The van der Waals surface area contributed by atoms with Gasteiger partial charge in [0, 0.05) is 55.9 Å². The number of aromatic nitrogens is 3. The van der Waals surface area contributed by atoms with Crippen LogP contribution in [-0.2, 0) is 19.9 Å². The fourth-order valence-electron chi connectivity index (χ4n) is 5.78. The highest BCUT2D eigenvalue weighted by Crippen LogP contribution is 2.28. The van der Waals surface area contributed by atoms with Crippen LogP contribution in [0.25, 0.3) is 10.9 Å². The quantitative estimate of drug-likeness (QED) is 0.456. The minimum Gasteiger partial charge on any atom is -0.476 e. The number of hydrogen-bond acceptors (Lipinski definition) is 6. The molecule has 5 rings (SSSR count). The number of carbonyl (C=O) groups is 1. The number of ether oxygens (including phenoxy) is 1. The molecule has 2 aromatic heterocycles. The van der Waals surface area contributed by atoms with Crippen molar-refractivity contribution in [2.75, 3.05) is 26.2 Å². The Morgan fingerprint density at radius 1 is 1.15 bits per heavy atom. The molecule has 1 amide bonds. The van der Waals surface area contributed by atoms with Crippen molar-refractivity contribution in [3.63, 3.8) is 0 Å². The van der Waals surface area contributed by atoms with Crippen LogP contribution in [0, 0.1) is 22.7 Å². The van der Waals surface area contributed by atoms with Gasteiger partial charge in [-0.05, 0) is 82.5 Å². The first-order valence-corrected chi connectivity index (χ1v) is 14.3. The van der Waals surface area contributed by atoms with E-state index in [-0.39, 0.29) is 11.9 Å². The third-order valence-electron chi connectivity index (χ3n) is 8.23. The number of amides is 1. The van der Waals surface area contributed by atoms with Gasteiger partial charge in [0.1, 0.15) is 6.61 Å². The minimum absolute atomic E-state index is 0.0112. The first-order valence-electron chi connectivity index (χ1n) is 14.3. The lowest BCUT2D eigenvalue weighted by molar-refractivity contribution is 0.0921. The zero-order valence-electron chi connectivity index (χ0n) is 23.4. The van der Waals surface area contributed by atoms with E-state index in [1.807, 2.05) is 51.4 Å². The molecule has 0 spiro atoms. The second-order valence-electron chi connectivity index (χ2n) is 11.9. The molecule has 1 N–H and O–H groups in total. The van der Waals surface area contributed by atoms with Gasteiger partial charge in [0.2, 0.25) is 5.88 Å². The van der Waals surface area contributed by atoms with Crippen molar-refractivity contribution in [1.82, 2.24) is 25.0 Å². The van der Waals surface area contributed by atoms with Gasteiger partial charge in [-0.2, -0.15) is 10.4 Å². The number of pyridine rings is 1. The van der Waals surface area contributed by atoms with Crippen LogP contribution in [0.4, 0.5) is 0 Å². The first kappa shape index (κ1) is 27.1. The maximum atomic E-state index is 13.0. The molecule has 206 valence electrons. The van der Waals surface area contributed by atoms with Gasteiger partial charge in [-0.1, -0.05) is 12.1 Å². The van der Waals surface area contributed by atoms with Crippen molar-refractivity contribution >= 4 is 16.8 Å². The second kappa shape index (κ2) is 11.7. The Balaban J connectivity index is 1.06. The molecule has 3 aromatic rings. The molecule has 1 aliphatic carbocycles. The second-order valence-corrected chi connectivity index (χ2v) is 11.9. The van der Waals surface area contributed by atoms with Gasteiger partial charge in [-0.25, -0.2) is 4.98 Å². The van der Waals surface area contributed by atoms with Gasteiger partial charge in [-0.15, -0.1) is 0 Å². The lowest BCUT2D eigenvalue weighted by Gasteiger charge is -2.30. The van der Waals surface area contributed by atoms with Crippen LogP contribution in [0.2, 0.25) is 0 Å². The van der Waals surface area contributed by atoms with Crippen molar-refractivity contribution < 1.29 is 9.53 Å². The predicted octanol–water partition coefficient (Wildman–Crippen LogP) is 4.68. The maximum Gasteiger partial charge on any atom is 0.252 e. The lowest BCUT2D eigenvalue weighted by atomic mass is 9.84. The lowest BCUT2D eigenvalue weighted by Crippen LogP contribution is -2.38. The molecule has 0 bridgehead atoms. The van der Waals surface area contributed by atoms with E-state index in [4.69, 9.17) is 9.72 Å². The van der Waals surface area contributed by atoms with Crippen molar-refractivity contribution in [2.45, 2.75) is 64.8 Å². The fourth-order valence-corrected chi connectivity index (χ4v) is 5.78. The van der Waals surface area contributed by atoms with E-state index < -0.39 is 5.41 Å². The van der Waals surface area contributed by atoms with Crippen molar-refractivity contribution in [3.8, 4) is 11.9 Å². The summed E-state index contributed by atoms with van der Waals surface area (Å²) in [7, 11) is 1.89. The molecule has 1 saturated carbocycles. The van der Waals surface area contributed by atoms with Gasteiger partial charge in [0.15, 0.2) is 0 Å². The molecule has 8 heteroatoms. The molecule has 39 heavy (non-hydrogen) atoms. The molecule has 1 aliphatic heterocycles. The van der Waals surface area contributed by atoms with Crippen molar-refractivity contribution in [2.24, 2.45) is 18.4 Å². The van der Waals surface area contributed by atoms with Gasteiger partial charge in [-0.3, -0.25) is 9.48 Å². The van der Waals surface area contributed by atoms with Crippen LogP contribution in [0.5, 0.6) is 5.88 Å². The summed E-state index contributed by atoms with van der Waals surface area (Å²) < 4.78 is 7.58. The Kier molecular flexibility index (Phi) is 8.18. The average molecular weight is 529 g/mol. The van der Waals surface area contributed by atoms with Crippen LogP contribution in [0.1, 0.15) is 67.6 Å². The van der Waals surface area contributed by atoms with Gasteiger partial charge >= 0.3 is 0 Å². The summed E-state index contributed by atoms with van der Waals surface area (Å²) in [6.45, 7) is 7.27. The number of aryl methyl sites for hydroxylation is 1. The summed E-state index contributed by atoms with van der Waals surface area (Å²) in [5, 5.41) is 17.8. The van der Waals surface area contributed by atoms with E-state index in [1.165, 1.54) is 12.0 Å². The molecule has 1 aromatic carbocycles. The highest BCUT2D eigenvalue weighted by atomic mass is 16.5. The standard InChI is InChI=1S/C31H40N6O2/c1-31(2,20-32)21-39-29-12-9-23-14-17-37(18-15-27(23)34-29)16-13-22-7-10-24(11-8-22)33-30(38)25-5-4-6-28-26(25)19-36(3)35-28/h4-6,9,12,19,22,24H,7-8,10-11,13-18,21H2,1-3H3,(H,33,38)/t22-,24-. The normalized spacial score (nSPS) is 20.2. The summed E-state index contributed by atoms with van der Waals surface area (Å²) >= 11 is 0. The molecular weight excluding hydrogens is 488 g/mol. The van der Waals surface area contributed by atoms with Gasteiger partial charge in [0.25, 0.3) is 5.91 Å². The third kappa shape index (κ3) is 6.77. The molecule has 0 saturated heterocycles. The van der Waals surface area contributed by atoms with Crippen LogP contribution < -0.4 is 10.1 Å². The number of fused-ring (bicyclic) bond motifs is 2. The van der Waals surface area contributed by atoms with Crippen LogP contribution in [0.15, 0.2) is 36.5 Å². The third-order valence-corrected chi connectivity index (χ3v) is 8.23. The number of nitrogens with zero attached hydrogens (tertiary/aromatic N) is 5. The summed E-state index contributed by atoms with van der Waals surface area (Å²) in [5.41, 5.74) is 3.48. The zero-order valence-corrected chi connectivity index (χ0v) is 23.4. The Labute approximate surface area is 231 Å². The molecule has 0 unspecified atom stereocenters. The highest BCUT2D eigenvalue weighted by Gasteiger charge is 2.25. The monoisotopic (exact) mass is 528 g/mol. The Bertz CT molecular complexity index is 1350. The Morgan fingerprint density at radius 3 is 2.74 bits per heavy atom. The Hall–Kier alpha value is -3.44. The number of rotatable bonds is 8. The number of nitrogens with one attached hydrogen (secondary N) is 1. The van der Waals surface area contributed by atoms with E-state index in [2.05, 4.69) is 27.5 Å². The molecular formula is C31H40N6O2. The van der Waals surface area contributed by atoms with E-state index in [0.29, 0.717) is 24.0 Å². The molecule has 8 nitrogen and oxygen atoms in total. The van der Waals surface area contributed by atoms with E-state index in [9.17, 15) is 10.1 Å². The van der Waals surface area contributed by atoms with Crippen LogP contribution in [-0.4, -0.2) is 57.9 Å². The number of carbonyl (C=O) groups excluding carboxylic acids is 1. The number of benzene rings is 1. The van der Waals surface area contributed by atoms with Gasteiger partial charge in [0.05, 0.1) is 22.6 Å². The van der Waals surface area contributed by atoms with Crippen LogP contribution >= 0.6 is 0 Å². The van der Waals surface area contributed by atoms with Gasteiger partial charge < -0.3 is 15.0 Å². The van der Waals surface area contributed by atoms with E-state index in [0.717, 1.165) is 74.8 Å². The predicted molar refractivity (Wildman–Crippen MR) is 152 cm³/mol. The maximum absolute atomic E-state index is 13.0. The van der Waals surface area contributed by atoms with Crippen molar-refractivity contribution in [3.05, 3.63) is 53.3 Å². The first-order chi connectivity index (χ1) is 18.8. The highest BCUT2D eigenvalue weighted by molar-refractivity contribution is 6.06. The molecule has 3 heterocycles. The van der Waals surface area contributed by atoms with E-state index in [1.54, 1.807) is 4.68 Å². The van der Waals surface area contributed by atoms with E-state index >= 15 is 0 Å². The fraction of sp³-hybridized carbons (Fsp3) is 0.548. The molecule has 2 aliphatic rings. The van der Waals surface area contributed by atoms with Crippen molar-refractivity contribution in [1.29, 1.82) is 5.26 Å². The Morgan fingerprint density at radius 2 is 1.95 bits per heavy atom. The molecule has 0 atom stereocenters. The topological polar surface area (TPSA) is 96.1 Å². The smallest absolute Gasteiger partial charge is 0.252 e. The number of nitriles is 1. The largest absolute Gasteiger partial charge is 0.476 e. The summed E-state index contributed by atoms with van der Waals surface area (Å²) in [5.74, 6) is 1.34. The molecule has 0 radical (unpaired) electrons. The summed E-state index contributed by atoms with van der Waals surface area (Å²) in [6, 6.07) is 12.3. The zero-order chi connectivity index (χ0) is 27.4. The average Bonchev–Trinajstić information content (AvgIpc) is 3.20. The SMILES string of the molecule is Cn1cc2c(C(=O)N[C@H]3CC[C@H](CCN4CCc5ccc(OCC(C)(C)C#N)nc5CC4)CC3)cccc2n1. The minimum atomic E-state index is -0.523. The number of hydrogen-bond donors (Lipinski definition) is 1. The summed E-state index contributed by atoms with van der Waals surface area (Å²) in [6.07, 6.45) is 9.47. The molecule has 1 fully saturated rings.